The minimum absolute atomic E-state index is 0.0740. The third-order valence-electron chi connectivity index (χ3n) is 3.47. The lowest BCUT2D eigenvalue weighted by Crippen LogP contribution is -2.16. The summed E-state index contributed by atoms with van der Waals surface area (Å²) in [5.74, 6) is -1.74. The Labute approximate surface area is 133 Å². The summed E-state index contributed by atoms with van der Waals surface area (Å²) in [6.07, 6.45) is 0. The van der Waals surface area contributed by atoms with E-state index in [-0.39, 0.29) is 16.1 Å². The second-order valence-corrected chi connectivity index (χ2v) is 6.96. The normalized spacial score (nSPS) is 11.3. The molecule has 0 aliphatic carbocycles. The van der Waals surface area contributed by atoms with Gasteiger partial charge in [-0.25, -0.2) is 17.6 Å². The van der Waals surface area contributed by atoms with E-state index in [4.69, 9.17) is 5.11 Å². The number of carboxylic acids is 1. The molecule has 0 unspecified atom stereocenters. The number of hydrogen-bond donors (Lipinski definition) is 2. The van der Waals surface area contributed by atoms with E-state index in [2.05, 4.69) is 4.72 Å². The van der Waals surface area contributed by atoms with Gasteiger partial charge >= 0.3 is 5.97 Å². The molecule has 2 rings (SSSR count). The average Bonchev–Trinajstić information content (AvgIpc) is 2.41. The van der Waals surface area contributed by atoms with Gasteiger partial charge in [0.1, 0.15) is 5.82 Å². The van der Waals surface area contributed by atoms with Crippen LogP contribution in [0.1, 0.15) is 27.0 Å². The van der Waals surface area contributed by atoms with Gasteiger partial charge in [-0.3, -0.25) is 4.72 Å². The molecule has 0 radical (unpaired) electrons. The second kappa shape index (κ2) is 6.00. The SMILES string of the molecule is Cc1ccc(NS(=O)(=O)c2cc(C(=O)O)c(C)cc2C)cc1F. The number of hydrogen-bond acceptors (Lipinski definition) is 3. The Morgan fingerprint density at radius 2 is 1.70 bits per heavy atom. The molecule has 23 heavy (non-hydrogen) atoms. The van der Waals surface area contributed by atoms with Crippen LogP contribution in [-0.2, 0) is 10.0 Å². The van der Waals surface area contributed by atoms with Gasteiger partial charge in [0, 0.05) is 0 Å². The maximum absolute atomic E-state index is 13.5. The first-order valence-corrected chi connectivity index (χ1v) is 8.23. The van der Waals surface area contributed by atoms with Crippen molar-refractivity contribution in [2.45, 2.75) is 25.7 Å². The highest BCUT2D eigenvalue weighted by molar-refractivity contribution is 7.92. The molecule has 2 aromatic rings. The smallest absolute Gasteiger partial charge is 0.335 e. The summed E-state index contributed by atoms with van der Waals surface area (Å²) < 4.78 is 40.8. The van der Waals surface area contributed by atoms with Crippen LogP contribution in [-0.4, -0.2) is 19.5 Å². The Balaban J connectivity index is 2.49. The number of aryl methyl sites for hydroxylation is 3. The standard InChI is InChI=1S/C16H16FNO4S/c1-9-4-5-12(7-14(9)17)18-23(21,22)15-8-13(16(19)20)10(2)6-11(15)3/h4-8,18H,1-3H3,(H,19,20). The van der Waals surface area contributed by atoms with Crippen molar-refractivity contribution in [1.82, 2.24) is 0 Å². The maximum Gasteiger partial charge on any atom is 0.335 e. The molecule has 5 nitrogen and oxygen atoms in total. The van der Waals surface area contributed by atoms with Crippen molar-refractivity contribution < 1.29 is 22.7 Å². The Kier molecular flexibility index (Phi) is 4.42. The van der Waals surface area contributed by atoms with Crippen LogP contribution >= 0.6 is 0 Å². The van der Waals surface area contributed by atoms with Crippen molar-refractivity contribution >= 4 is 21.7 Å². The number of sulfonamides is 1. The molecular weight excluding hydrogens is 321 g/mol. The molecule has 0 atom stereocenters. The van der Waals surface area contributed by atoms with Crippen LogP contribution in [0.5, 0.6) is 0 Å². The predicted molar refractivity (Wildman–Crippen MR) is 84.8 cm³/mol. The Bertz CT molecular complexity index is 891. The van der Waals surface area contributed by atoms with Gasteiger partial charge < -0.3 is 5.11 Å². The van der Waals surface area contributed by atoms with Gasteiger partial charge in [0.2, 0.25) is 0 Å². The van der Waals surface area contributed by atoms with Gasteiger partial charge in [-0.2, -0.15) is 0 Å². The summed E-state index contributed by atoms with van der Waals surface area (Å²) in [7, 11) is -4.03. The maximum atomic E-state index is 13.5. The third-order valence-corrected chi connectivity index (χ3v) is 4.99. The number of aromatic carboxylic acids is 1. The lowest BCUT2D eigenvalue weighted by atomic mass is 10.1. The lowest BCUT2D eigenvalue weighted by molar-refractivity contribution is 0.0696. The average molecular weight is 337 g/mol. The van der Waals surface area contributed by atoms with Crippen molar-refractivity contribution in [3.05, 3.63) is 58.4 Å². The van der Waals surface area contributed by atoms with Gasteiger partial charge in [0.15, 0.2) is 0 Å². The number of anilines is 1. The first kappa shape index (κ1) is 17.0. The largest absolute Gasteiger partial charge is 0.478 e. The van der Waals surface area contributed by atoms with Crippen LogP contribution in [0, 0.1) is 26.6 Å². The fraction of sp³-hybridized carbons (Fsp3) is 0.188. The highest BCUT2D eigenvalue weighted by atomic mass is 32.2. The number of nitrogens with one attached hydrogen (secondary N) is 1. The summed E-state index contributed by atoms with van der Waals surface area (Å²) in [4.78, 5) is 11.0. The molecule has 7 heteroatoms. The monoisotopic (exact) mass is 337 g/mol. The van der Waals surface area contributed by atoms with Crippen molar-refractivity contribution in [2.24, 2.45) is 0 Å². The summed E-state index contributed by atoms with van der Waals surface area (Å²) >= 11 is 0. The fourth-order valence-electron chi connectivity index (χ4n) is 2.22. The molecule has 0 amide bonds. The first-order chi connectivity index (χ1) is 10.6. The zero-order valence-corrected chi connectivity index (χ0v) is 13.7. The molecule has 0 fully saturated rings. The van der Waals surface area contributed by atoms with Crippen LogP contribution in [0.15, 0.2) is 35.2 Å². The Morgan fingerprint density at radius 3 is 2.26 bits per heavy atom. The highest BCUT2D eigenvalue weighted by Gasteiger charge is 2.21. The van der Waals surface area contributed by atoms with E-state index in [9.17, 15) is 17.6 Å². The van der Waals surface area contributed by atoms with E-state index >= 15 is 0 Å². The van der Waals surface area contributed by atoms with E-state index in [1.807, 2.05) is 0 Å². The van der Waals surface area contributed by atoms with E-state index in [1.165, 1.54) is 18.2 Å². The van der Waals surface area contributed by atoms with Crippen LogP contribution < -0.4 is 4.72 Å². The zero-order chi connectivity index (χ0) is 17.4. The zero-order valence-electron chi connectivity index (χ0n) is 12.8. The number of carboxylic acid groups (broad SMARTS) is 1. The molecule has 0 saturated heterocycles. The highest BCUT2D eigenvalue weighted by Crippen LogP contribution is 2.24. The van der Waals surface area contributed by atoms with Gasteiger partial charge in [0.05, 0.1) is 16.1 Å². The molecule has 0 heterocycles. The molecule has 0 saturated carbocycles. The van der Waals surface area contributed by atoms with Gasteiger partial charge in [0.25, 0.3) is 10.0 Å². The van der Waals surface area contributed by atoms with E-state index in [0.29, 0.717) is 16.7 Å². The molecule has 0 aliphatic heterocycles. The first-order valence-electron chi connectivity index (χ1n) is 6.75. The van der Waals surface area contributed by atoms with Gasteiger partial charge in [-0.15, -0.1) is 0 Å². The molecule has 2 N–H and O–H groups in total. The van der Waals surface area contributed by atoms with E-state index in [0.717, 1.165) is 12.1 Å². The Morgan fingerprint density at radius 1 is 1.04 bits per heavy atom. The predicted octanol–water partition coefficient (Wildman–Crippen LogP) is 3.25. The summed E-state index contributed by atoms with van der Waals surface area (Å²) in [6, 6.07) is 6.58. The minimum atomic E-state index is -4.03. The molecule has 0 spiro atoms. The van der Waals surface area contributed by atoms with Crippen molar-refractivity contribution in [2.75, 3.05) is 4.72 Å². The summed E-state index contributed by atoms with van der Waals surface area (Å²) in [5, 5.41) is 9.14. The number of rotatable bonds is 4. The molecular formula is C16H16FNO4S. The molecule has 0 aromatic heterocycles. The van der Waals surface area contributed by atoms with E-state index in [1.54, 1.807) is 20.8 Å². The molecule has 122 valence electrons. The lowest BCUT2D eigenvalue weighted by Gasteiger charge is -2.13. The van der Waals surface area contributed by atoms with Crippen LogP contribution in [0.2, 0.25) is 0 Å². The molecule has 0 bridgehead atoms. The fourth-order valence-corrected chi connectivity index (χ4v) is 3.52. The van der Waals surface area contributed by atoms with Crippen molar-refractivity contribution in [3.63, 3.8) is 0 Å². The van der Waals surface area contributed by atoms with Gasteiger partial charge in [-0.05, 0) is 55.7 Å². The Hall–Kier alpha value is -2.41. The van der Waals surface area contributed by atoms with Crippen molar-refractivity contribution in [3.8, 4) is 0 Å². The number of halogens is 1. The minimum Gasteiger partial charge on any atom is -0.478 e. The quantitative estimate of drug-likeness (QED) is 0.897. The van der Waals surface area contributed by atoms with Crippen LogP contribution in [0.25, 0.3) is 0 Å². The van der Waals surface area contributed by atoms with Crippen molar-refractivity contribution in [1.29, 1.82) is 0 Å². The topological polar surface area (TPSA) is 83.5 Å². The second-order valence-electron chi connectivity index (χ2n) is 5.31. The summed E-state index contributed by atoms with van der Waals surface area (Å²) in [5.41, 5.74) is 1.26. The number of carbonyl (C=O) groups is 1. The number of benzene rings is 2. The summed E-state index contributed by atoms with van der Waals surface area (Å²) in [6.45, 7) is 4.73. The molecule has 2 aromatic carbocycles. The van der Waals surface area contributed by atoms with E-state index < -0.39 is 21.8 Å². The molecule has 0 aliphatic rings. The van der Waals surface area contributed by atoms with Crippen LogP contribution in [0.3, 0.4) is 0 Å². The van der Waals surface area contributed by atoms with Gasteiger partial charge in [-0.1, -0.05) is 12.1 Å². The van der Waals surface area contributed by atoms with Crippen LogP contribution in [0.4, 0.5) is 10.1 Å². The third kappa shape index (κ3) is 3.50.